The maximum atomic E-state index is 12.0. The molecule has 0 aliphatic rings. The van der Waals surface area contributed by atoms with Crippen LogP contribution in [0.3, 0.4) is 0 Å². The van der Waals surface area contributed by atoms with Crippen molar-refractivity contribution in [3.8, 4) is 5.75 Å². The SMILES string of the molecule is Cc1ccc(CNCc2cc(Cl)ccc2OCC(=O)NC(C)(C)C)cc1. The lowest BCUT2D eigenvalue weighted by Crippen LogP contribution is -2.43. The number of nitrogens with one attached hydrogen (secondary N) is 2. The van der Waals surface area contributed by atoms with Gasteiger partial charge in [-0.1, -0.05) is 41.4 Å². The van der Waals surface area contributed by atoms with E-state index < -0.39 is 0 Å². The van der Waals surface area contributed by atoms with Crippen LogP contribution in [0.25, 0.3) is 0 Å². The van der Waals surface area contributed by atoms with E-state index in [1.165, 1.54) is 11.1 Å². The minimum atomic E-state index is -0.279. The molecule has 0 aliphatic heterocycles. The first-order chi connectivity index (χ1) is 12.2. The number of halogens is 1. The predicted molar refractivity (Wildman–Crippen MR) is 107 cm³/mol. The van der Waals surface area contributed by atoms with E-state index in [4.69, 9.17) is 16.3 Å². The quantitative estimate of drug-likeness (QED) is 0.762. The maximum absolute atomic E-state index is 12.0. The minimum absolute atomic E-state index is 0.0239. The Morgan fingerprint density at radius 1 is 1.08 bits per heavy atom. The van der Waals surface area contributed by atoms with E-state index >= 15 is 0 Å². The minimum Gasteiger partial charge on any atom is -0.483 e. The highest BCUT2D eigenvalue weighted by Crippen LogP contribution is 2.23. The van der Waals surface area contributed by atoms with Crippen LogP contribution in [0.4, 0.5) is 0 Å². The first-order valence-corrected chi connectivity index (χ1v) is 9.09. The molecule has 140 valence electrons. The molecule has 0 atom stereocenters. The van der Waals surface area contributed by atoms with Gasteiger partial charge in [0.2, 0.25) is 0 Å². The molecule has 0 bridgehead atoms. The van der Waals surface area contributed by atoms with Gasteiger partial charge in [0.15, 0.2) is 6.61 Å². The number of rotatable bonds is 7. The molecule has 2 rings (SSSR count). The van der Waals surface area contributed by atoms with Crippen LogP contribution in [-0.2, 0) is 17.9 Å². The van der Waals surface area contributed by atoms with Gasteiger partial charge in [0.1, 0.15) is 5.75 Å². The Bertz CT molecular complexity index is 737. The normalized spacial score (nSPS) is 11.3. The topological polar surface area (TPSA) is 50.4 Å². The van der Waals surface area contributed by atoms with E-state index in [1.807, 2.05) is 26.8 Å². The second kappa shape index (κ2) is 9.06. The highest BCUT2D eigenvalue weighted by molar-refractivity contribution is 6.30. The highest BCUT2D eigenvalue weighted by atomic mass is 35.5. The summed E-state index contributed by atoms with van der Waals surface area (Å²) in [6, 6.07) is 13.8. The standard InChI is InChI=1S/C21H27ClN2O2/c1-15-5-7-16(8-6-15)12-23-13-17-11-18(22)9-10-19(17)26-14-20(25)24-21(2,3)4/h5-11,23H,12-14H2,1-4H3,(H,24,25). The van der Waals surface area contributed by atoms with Gasteiger partial charge >= 0.3 is 0 Å². The Kier molecular flexibility index (Phi) is 7.06. The lowest BCUT2D eigenvalue weighted by molar-refractivity contribution is -0.124. The van der Waals surface area contributed by atoms with Crippen molar-refractivity contribution in [2.45, 2.75) is 46.3 Å². The van der Waals surface area contributed by atoms with E-state index in [1.54, 1.807) is 12.1 Å². The van der Waals surface area contributed by atoms with Gasteiger partial charge in [0.05, 0.1) is 0 Å². The molecule has 0 heterocycles. The van der Waals surface area contributed by atoms with E-state index in [9.17, 15) is 4.79 Å². The average Bonchev–Trinajstić information content (AvgIpc) is 2.54. The monoisotopic (exact) mass is 374 g/mol. The molecule has 0 spiro atoms. The molecule has 0 fully saturated rings. The lowest BCUT2D eigenvalue weighted by atomic mass is 10.1. The van der Waals surface area contributed by atoms with Gasteiger partial charge in [-0.2, -0.15) is 0 Å². The van der Waals surface area contributed by atoms with Gasteiger partial charge in [0, 0.05) is 29.2 Å². The molecule has 0 saturated heterocycles. The van der Waals surface area contributed by atoms with Crippen LogP contribution in [0.15, 0.2) is 42.5 Å². The Labute approximate surface area is 160 Å². The summed E-state index contributed by atoms with van der Waals surface area (Å²) < 4.78 is 5.71. The zero-order valence-electron chi connectivity index (χ0n) is 15.9. The van der Waals surface area contributed by atoms with Crippen molar-refractivity contribution < 1.29 is 9.53 Å². The van der Waals surface area contributed by atoms with Crippen LogP contribution in [0.2, 0.25) is 5.02 Å². The summed E-state index contributed by atoms with van der Waals surface area (Å²) in [4.78, 5) is 12.0. The third-order valence-electron chi connectivity index (χ3n) is 3.66. The number of carbonyl (C=O) groups is 1. The zero-order valence-corrected chi connectivity index (χ0v) is 16.6. The lowest BCUT2D eigenvalue weighted by Gasteiger charge is -2.21. The first kappa shape index (κ1) is 20.3. The molecule has 0 radical (unpaired) electrons. The summed E-state index contributed by atoms with van der Waals surface area (Å²) in [6.45, 7) is 9.21. The third kappa shape index (κ3) is 7.06. The number of hydrogen-bond donors (Lipinski definition) is 2. The van der Waals surface area contributed by atoms with Gasteiger partial charge in [-0.3, -0.25) is 4.79 Å². The summed E-state index contributed by atoms with van der Waals surface area (Å²) >= 11 is 6.12. The number of carbonyl (C=O) groups excluding carboxylic acids is 1. The molecule has 0 saturated carbocycles. The Hall–Kier alpha value is -2.04. The van der Waals surface area contributed by atoms with Gasteiger partial charge in [-0.25, -0.2) is 0 Å². The summed E-state index contributed by atoms with van der Waals surface area (Å²) in [6.07, 6.45) is 0. The number of hydrogen-bond acceptors (Lipinski definition) is 3. The Balaban J connectivity index is 1.94. The number of ether oxygens (including phenoxy) is 1. The molecular weight excluding hydrogens is 348 g/mol. The smallest absolute Gasteiger partial charge is 0.258 e. The number of aryl methyl sites for hydroxylation is 1. The molecule has 1 amide bonds. The average molecular weight is 375 g/mol. The van der Waals surface area contributed by atoms with Crippen molar-refractivity contribution in [1.29, 1.82) is 0 Å². The van der Waals surface area contributed by atoms with E-state index in [0.29, 0.717) is 17.3 Å². The van der Waals surface area contributed by atoms with Crippen LogP contribution >= 0.6 is 11.6 Å². The summed E-state index contributed by atoms with van der Waals surface area (Å²) in [7, 11) is 0. The summed E-state index contributed by atoms with van der Waals surface area (Å²) in [5.41, 5.74) is 3.10. The molecule has 4 nitrogen and oxygen atoms in total. The van der Waals surface area contributed by atoms with Crippen LogP contribution < -0.4 is 15.4 Å². The fourth-order valence-electron chi connectivity index (χ4n) is 2.47. The fraction of sp³-hybridized carbons (Fsp3) is 0.381. The van der Waals surface area contributed by atoms with Crippen molar-refractivity contribution in [3.05, 3.63) is 64.2 Å². The van der Waals surface area contributed by atoms with Gasteiger partial charge in [-0.15, -0.1) is 0 Å². The van der Waals surface area contributed by atoms with Crippen molar-refractivity contribution in [1.82, 2.24) is 10.6 Å². The second-order valence-electron chi connectivity index (χ2n) is 7.43. The molecule has 2 N–H and O–H groups in total. The van der Waals surface area contributed by atoms with E-state index in [2.05, 4.69) is 41.8 Å². The molecule has 0 aliphatic carbocycles. The fourth-order valence-corrected chi connectivity index (χ4v) is 2.67. The molecular formula is C21H27ClN2O2. The van der Waals surface area contributed by atoms with Gasteiger partial charge in [0.25, 0.3) is 5.91 Å². The molecule has 2 aromatic carbocycles. The van der Waals surface area contributed by atoms with Gasteiger partial charge < -0.3 is 15.4 Å². The Morgan fingerprint density at radius 2 is 1.77 bits per heavy atom. The van der Waals surface area contributed by atoms with Crippen LogP contribution in [-0.4, -0.2) is 18.1 Å². The zero-order chi connectivity index (χ0) is 19.2. The highest BCUT2D eigenvalue weighted by Gasteiger charge is 2.14. The third-order valence-corrected chi connectivity index (χ3v) is 3.90. The molecule has 2 aromatic rings. The molecule has 0 aromatic heterocycles. The van der Waals surface area contributed by atoms with E-state index in [-0.39, 0.29) is 18.1 Å². The van der Waals surface area contributed by atoms with Crippen molar-refractivity contribution in [2.75, 3.05) is 6.61 Å². The van der Waals surface area contributed by atoms with E-state index in [0.717, 1.165) is 12.1 Å². The van der Waals surface area contributed by atoms with Crippen LogP contribution in [0.5, 0.6) is 5.75 Å². The van der Waals surface area contributed by atoms with Crippen molar-refractivity contribution >= 4 is 17.5 Å². The summed E-state index contributed by atoms with van der Waals surface area (Å²) in [5.74, 6) is 0.515. The van der Waals surface area contributed by atoms with Crippen molar-refractivity contribution in [3.63, 3.8) is 0 Å². The maximum Gasteiger partial charge on any atom is 0.258 e. The molecule has 26 heavy (non-hydrogen) atoms. The number of benzene rings is 2. The van der Waals surface area contributed by atoms with Gasteiger partial charge in [-0.05, 0) is 51.5 Å². The summed E-state index contributed by atoms with van der Waals surface area (Å²) in [5, 5.41) is 6.92. The van der Waals surface area contributed by atoms with Crippen LogP contribution in [0.1, 0.15) is 37.5 Å². The Morgan fingerprint density at radius 3 is 2.42 bits per heavy atom. The van der Waals surface area contributed by atoms with Crippen LogP contribution in [0, 0.1) is 6.92 Å². The van der Waals surface area contributed by atoms with Crippen molar-refractivity contribution in [2.24, 2.45) is 0 Å². The first-order valence-electron chi connectivity index (χ1n) is 8.71. The predicted octanol–water partition coefficient (Wildman–Crippen LogP) is 4.23. The molecule has 0 unspecified atom stereocenters. The molecule has 5 heteroatoms. The number of amides is 1. The second-order valence-corrected chi connectivity index (χ2v) is 7.86. The largest absolute Gasteiger partial charge is 0.483 e.